The number of aliphatic hydroxyl groups excluding tert-OH is 1. The van der Waals surface area contributed by atoms with E-state index in [-0.39, 0.29) is 24.0 Å². The number of aliphatic imine (C=N–C) groups is 1. The lowest BCUT2D eigenvalue weighted by atomic mass is 10.1. The molecule has 0 aliphatic carbocycles. The van der Waals surface area contributed by atoms with Crippen molar-refractivity contribution in [2.45, 2.75) is 25.6 Å². The molecule has 0 saturated carbocycles. The van der Waals surface area contributed by atoms with Crippen molar-refractivity contribution in [1.29, 1.82) is 0 Å². The van der Waals surface area contributed by atoms with E-state index in [0.717, 1.165) is 29.1 Å². The fourth-order valence-corrected chi connectivity index (χ4v) is 4.50. The number of aromatic nitrogens is 2. The van der Waals surface area contributed by atoms with Gasteiger partial charge >= 0.3 is 0 Å². The van der Waals surface area contributed by atoms with E-state index >= 15 is 0 Å². The molecule has 0 spiro atoms. The number of hydrogen-bond donors (Lipinski definition) is 3. The number of aryl methyl sites for hydroxylation is 2. The summed E-state index contributed by atoms with van der Waals surface area (Å²) in [6.07, 6.45) is 4.19. The Bertz CT molecular complexity index is 1110. The summed E-state index contributed by atoms with van der Waals surface area (Å²) < 4.78 is 3.33. The second-order valence-electron chi connectivity index (χ2n) is 7.28. The minimum Gasteiger partial charge on any atom is -0.386 e. The lowest BCUT2D eigenvalue weighted by Crippen LogP contribution is -2.39. The first-order valence-corrected chi connectivity index (χ1v) is 11.2. The zero-order valence-electron chi connectivity index (χ0n) is 17.9. The number of halogens is 1. The fraction of sp³-hybridized carbons (Fsp3) is 0.250. The summed E-state index contributed by atoms with van der Waals surface area (Å²) in [5.41, 5.74) is 1.31. The van der Waals surface area contributed by atoms with E-state index in [4.69, 9.17) is 0 Å². The summed E-state index contributed by atoms with van der Waals surface area (Å²) in [4.78, 5) is 9.69. The van der Waals surface area contributed by atoms with Crippen LogP contribution >= 0.6 is 35.3 Å². The third-order valence-electron chi connectivity index (χ3n) is 5.16. The predicted molar refractivity (Wildman–Crippen MR) is 143 cm³/mol. The van der Waals surface area contributed by atoms with Crippen molar-refractivity contribution in [3.8, 4) is 0 Å². The lowest BCUT2D eigenvalue weighted by Gasteiger charge is -2.15. The van der Waals surface area contributed by atoms with Gasteiger partial charge in [-0.25, -0.2) is 4.98 Å². The molecule has 0 fully saturated rings. The molecule has 1 unspecified atom stereocenters. The van der Waals surface area contributed by atoms with Gasteiger partial charge in [-0.2, -0.15) is 0 Å². The minimum absolute atomic E-state index is 0. The van der Waals surface area contributed by atoms with Crippen LogP contribution < -0.4 is 10.6 Å². The maximum atomic E-state index is 10.6. The van der Waals surface area contributed by atoms with Crippen molar-refractivity contribution in [2.75, 3.05) is 13.6 Å². The monoisotopic (exact) mass is 561 g/mol. The largest absolute Gasteiger partial charge is 0.386 e. The Labute approximate surface area is 209 Å². The molecule has 6 nitrogen and oxygen atoms in total. The van der Waals surface area contributed by atoms with E-state index in [1.807, 2.05) is 36.7 Å². The van der Waals surface area contributed by atoms with E-state index in [2.05, 4.69) is 61.6 Å². The van der Waals surface area contributed by atoms with E-state index in [9.17, 15) is 5.11 Å². The number of guanidine groups is 1. The smallest absolute Gasteiger partial charge is 0.191 e. The van der Waals surface area contributed by atoms with Crippen LogP contribution in [0.2, 0.25) is 0 Å². The molecule has 0 radical (unpaired) electrons. The highest BCUT2D eigenvalue weighted by molar-refractivity contribution is 14.0. The molecule has 1 atom stereocenters. The fourth-order valence-electron chi connectivity index (χ4n) is 3.45. The number of rotatable bonds is 8. The molecular weight excluding hydrogens is 533 g/mol. The Morgan fingerprint density at radius 1 is 1.12 bits per heavy atom. The number of thiophene rings is 1. The first-order valence-electron chi connectivity index (χ1n) is 10.4. The number of fused-ring (bicyclic) bond motifs is 1. The summed E-state index contributed by atoms with van der Waals surface area (Å²) in [6.45, 7) is 1.81. The average Bonchev–Trinajstić information content (AvgIpc) is 3.45. The van der Waals surface area contributed by atoms with Crippen LogP contribution in [0.1, 0.15) is 22.4 Å². The Kier molecular flexibility index (Phi) is 9.07. The van der Waals surface area contributed by atoms with Gasteiger partial charge in [-0.1, -0.05) is 48.5 Å². The molecule has 2 heterocycles. The molecule has 8 heteroatoms. The Hall–Kier alpha value is -2.43. The first kappa shape index (κ1) is 24.2. The van der Waals surface area contributed by atoms with Gasteiger partial charge in [0.25, 0.3) is 0 Å². The molecule has 3 N–H and O–H groups in total. The van der Waals surface area contributed by atoms with E-state index in [0.29, 0.717) is 19.0 Å². The van der Waals surface area contributed by atoms with Crippen LogP contribution in [0.5, 0.6) is 0 Å². The zero-order valence-corrected chi connectivity index (χ0v) is 21.1. The molecule has 32 heavy (non-hydrogen) atoms. The molecule has 2 aromatic heterocycles. The van der Waals surface area contributed by atoms with Gasteiger partial charge < -0.3 is 20.3 Å². The number of nitrogens with zero attached hydrogens (tertiary/aromatic N) is 3. The van der Waals surface area contributed by atoms with Gasteiger partial charge in [0.2, 0.25) is 0 Å². The highest BCUT2D eigenvalue weighted by atomic mass is 127. The molecule has 0 aliphatic heterocycles. The molecule has 168 valence electrons. The second kappa shape index (κ2) is 12.0. The number of hydrogen-bond acceptors (Lipinski definition) is 4. The summed E-state index contributed by atoms with van der Waals surface area (Å²) >= 11 is 1.62. The Morgan fingerprint density at radius 3 is 2.69 bits per heavy atom. The molecule has 0 saturated heterocycles. The highest BCUT2D eigenvalue weighted by Crippen LogP contribution is 2.29. The Balaban J connectivity index is 0.00000289. The van der Waals surface area contributed by atoms with Crippen LogP contribution in [0.15, 0.2) is 78.0 Å². The molecule has 0 aliphatic rings. The standard InChI is InChI=1S/C24H27N5OS.HI/c1-25-24(27-16-20(30)22-15-19-9-5-6-10-21(19)31-22)28-17-23-26-12-14-29(23)13-11-18-7-3-2-4-8-18;/h2-10,12,14-15,20,30H,11,13,16-17H2,1H3,(H2,25,27,28);1H. The quantitative estimate of drug-likeness (QED) is 0.170. The normalized spacial score (nSPS) is 12.4. The van der Waals surface area contributed by atoms with Gasteiger partial charge in [0.15, 0.2) is 5.96 Å². The summed E-state index contributed by atoms with van der Waals surface area (Å²) in [5.74, 6) is 1.58. The van der Waals surface area contributed by atoms with Crippen molar-refractivity contribution in [1.82, 2.24) is 20.2 Å². The zero-order chi connectivity index (χ0) is 21.5. The second-order valence-corrected chi connectivity index (χ2v) is 8.40. The number of aliphatic hydroxyl groups is 1. The van der Waals surface area contributed by atoms with Gasteiger partial charge in [-0.05, 0) is 29.5 Å². The van der Waals surface area contributed by atoms with Crippen molar-refractivity contribution in [2.24, 2.45) is 4.99 Å². The van der Waals surface area contributed by atoms with Crippen LogP contribution in [0.4, 0.5) is 0 Å². The van der Waals surface area contributed by atoms with Crippen LogP contribution in [-0.2, 0) is 19.5 Å². The van der Waals surface area contributed by atoms with Crippen LogP contribution in [-0.4, -0.2) is 34.2 Å². The van der Waals surface area contributed by atoms with Crippen molar-refractivity contribution in [3.05, 3.63) is 89.3 Å². The third-order valence-corrected chi connectivity index (χ3v) is 6.38. The first-order chi connectivity index (χ1) is 15.2. The predicted octanol–water partition coefficient (Wildman–Crippen LogP) is 4.36. The molecule has 0 bridgehead atoms. The van der Waals surface area contributed by atoms with Crippen LogP contribution in [0.3, 0.4) is 0 Å². The molecule has 4 rings (SSSR count). The van der Waals surface area contributed by atoms with Crippen molar-refractivity contribution in [3.63, 3.8) is 0 Å². The van der Waals surface area contributed by atoms with Crippen molar-refractivity contribution >= 4 is 51.4 Å². The van der Waals surface area contributed by atoms with E-state index in [1.54, 1.807) is 18.4 Å². The van der Waals surface area contributed by atoms with Gasteiger partial charge in [-0.3, -0.25) is 4.99 Å². The molecular formula is C24H28IN5OS. The topological polar surface area (TPSA) is 74.5 Å². The molecule has 2 aromatic carbocycles. The van der Waals surface area contributed by atoms with Crippen LogP contribution in [0.25, 0.3) is 10.1 Å². The lowest BCUT2D eigenvalue weighted by molar-refractivity contribution is 0.184. The van der Waals surface area contributed by atoms with Crippen molar-refractivity contribution < 1.29 is 5.11 Å². The summed E-state index contributed by atoms with van der Waals surface area (Å²) in [5, 5.41) is 18.2. The average molecular weight is 561 g/mol. The summed E-state index contributed by atoms with van der Waals surface area (Å²) in [6, 6.07) is 20.7. The Morgan fingerprint density at radius 2 is 1.91 bits per heavy atom. The number of nitrogens with one attached hydrogen (secondary N) is 2. The number of benzene rings is 2. The maximum Gasteiger partial charge on any atom is 0.191 e. The van der Waals surface area contributed by atoms with Crippen LogP contribution in [0, 0.1) is 0 Å². The van der Waals surface area contributed by atoms with Gasteiger partial charge in [0, 0.05) is 42.1 Å². The van der Waals surface area contributed by atoms with Gasteiger partial charge in [-0.15, -0.1) is 35.3 Å². The molecule has 4 aromatic rings. The summed E-state index contributed by atoms with van der Waals surface area (Å²) in [7, 11) is 1.73. The van der Waals surface area contributed by atoms with Gasteiger partial charge in [0.1, 0.15) is 11.9 Å². The highest BCUT2D eigenvalue weighted by Gasteiger charge is 2.12. The maximum absolute atomic E-state index is 10.6. The van der Waals surface area contributed by atoms with E-state index in [1.165, 1.54) is 10.3 Å². The number of imidazole rings is 1. The SMILES string of the molecule is CN=C(NCc1nccn1CCc1ccccc1)NCC(O)c1cc2ccccc2s1.I. The minimum atomic E-state index is -0.594. The van der Waals surface area contributed by atoms with Gasteiger partial charge in [0.05, 0.1) is 6.54 Å². The third kappa shape index (κ3) is 6.30. The van der Waals surface area contributed by atoms with E-state index < -0.39 is 6.10 Å². The molecule has 0 amide bonds.